The third-order valence-corrected chi connectivity index (χ3v) is 8.21. The van der Waals surface area contributed by atoms with Crippen LogP contribution in [0.1, 0.15) is 5.56 Å². The Bertz CT molecular complexity index is 2120. The summed E-state index contributed by atoms with van der Waals surface area (Å²) in [7, 11) is 0. The molecule has 0 unspecified atom stereocenters. The van der Waals surface area contributed by atoms with E-state index in [4.69, 9.17) is 6.57 Å². The summed E-state index contributed by atoms with van der Waals surface area (Å²) in [6.45, 7) is 7.35. The highest BCUT2D eigenvalue weighted by Gasteiger charge is 2.27. The molecule has 50 heavy (non-hydrogen) atoms. The van der Waals surface area contributed by atoms with Crippen LogP contribution in [0.4, 0.5) is 51.2 Å². The number of hydrogen-bond acceptors (Lipinski definition) is 7. The lowest BCUT2D eigenvalue weighted by atomic mass is 10.1. The van der Waals surface area contributed by atoms with Crippen LogP contribution in [0, 0.1) is 17.9 Å². The number of benzene rings is 5. The molecule has 10 heteroatoms. The van der Waals surface area contributed by atoms with Gasteiger partial charge in [-0.05, 0) is 109 Å². The number of nitrogens with zero attached hydrogens (tertiary/aromatic N) is 6. The van der Waals surface area contributed by atoms with Crippen LogP contribution in [0.2, 0.25) is 0 Å². The molecular weight excluding hydrogens is 628 g/mol. The fourth-order valence-electron chi connectivity index (χ4n) is 5.82. The van der Waals surface area contributed by atoms with Crippen molar-refractivity contribution < 1.29 is 19.2 Å². The molecule has 2 aliphatic heterocycles. The summed E-state index contributed by atoms with van der Waals surface area (Å²) in [5.74, 6) is -1.66. The Morgan fingerprint density at radius 1 is 0.460 bits per heavy atom. The highest BCUT2D eigenvalue weighted by Crippen LogP contribution is 2.40. The largest absolute Gasteiger partial charge is 0.311 e. The fraction of sp³-hybridized carbons (Fsp3) is 0. The van der Waals surface area contributed by atoms with Gasteiger partial charge in [0.2, 0.25) is 0 Å². The van der Waals surface area contributed by atoms with Gasteiger partial charge in [-0.15, -0.1) is 0 Å². The Hall–Kier alpha value is -7.56. The highest BCUT2D eigenvalue weighted by atomic mass is 16.2. The lowest BCUT2D eigenvalue weighted by molar-refractivity contribution is -0.121. The van der Waals surface area contributed by atoms with Crippen LogP contribution < -0.4 is 19.6 Å². The molecule has 0 N–H and O–H groups in total. The van der Waals surface area contributed by atoms with Crippen LogP contribution in [-0.4, -0.2) is 23.6 Å². The van der Waals surface area contributed by atoms with Gasteiger partial charge in [0.1, 0.15) is 0 Å². The van der Waals surface area contributed by atoms with E-state index in [0.717, 1.165) is 43.9 Å². The zero-order chi connectivity index (χ0) is 34.8. The van der Waals surface area contributed by atoms with Gasteiger partial charge in [0.05, 0.1) is 29.6 Å². The van der Waals surface area contributed by atoms with Crippen molar-refractivity contribution in [3.63, 3.8) is 0 Å². The summed E-state index contributed by atoms with van der Waals surface area (Å²) < 4.78 is 0. The van der Waals surface area contributed by atoms with Gasteiger partial charge >= 0.3 is 0 Å². The molecule has 238 valence electrons. The second-order valence-electron chi connectivity index (χ2n) is 11.2. The van der Waals surface area contributed by atoms with E-state index in [1.165, 1.54) is 24.3 Å². The van der Waals surface area contributed by atoms with Gasteiger partial charge in [0.25, 0.3) is 23.6 Å². The Morgan fingerprint density at radius 2 is 0.740 bits per heavy atom. The molecule has 0 bridgehead atoms. The molecule has 0 atom stereocenters. The Kier molecular flexibility index (Phi) is 8.02. The quantitative estimate of drug-likeness (QED) is 0.124. The minimum atomic E-state index is -0.415. The monoisotopic (exact) mass is 652 g/mol. The minimum Gasteiger partial charge on any atom is -0.311 e. The van der Waals surface area contributed by atoms with E-state index in [2.05, 4.69) is 10.9 Å². The van der Waals surface area contributed by atoms with Crippen molar-refractivity contribution >= 4 is 74.8 Å². The standard InChI is InChI=1S/C40H24N6O4/c1-42-28-4-8-30(9-5-28)43(29-6-2-27(26-41)3-7-29)31-10-12-32(13-11-31)44(33-14-18-35(19-15-33)45-37(47)22-23-38(45)48)34-16-20-36(21-17-34)46-39(49)24-25-40(46)50/h2-25H. The smallest absolute Gasteiger partial charge is 0.258 e. The van der Waals surface area contributed by atoms with Crippen molar-refractivity contribution in [2.24, 2.45) is 0 Å². The second-order valence-corrected chi connectivity index (χ2v) is 11.2. The van der Waals surface area contributed by atoms with Gasteiger partial charge < -0.3 is 9.80 Å². The predicted octanol–water partition coefficient (Wildman–Crippen LogP) is 7.91. The third-order valence-electron chi connectivity index (χ3n) is 8.21. The van der Waals surface area contributed by atoms with E-state index in [9.17, 15) is 24.4 Å². The number of hydrogen-bond donors (Lipinski definition) is 0. The molecular formula is C40H24N6O4. The number of imide groups is 2. The van der Waals surface area contributed by atoms with Crippen molar-refractivity contribution in [1.82, 2.24) is 0 Å². The lowest BCUT2D eigenvalue weighted by Gasteiger charge is -2.29. The molecule has 4 amide bonds. The number of nitriles is 1. The molecule has 0 aromatic heterocycles. The Morgan fingerprint density at radius 3 is 1.04 bits per heavy atom. The zero-order valence-corrected chi connectivity index (χ0v) is 26.2. The van der Waals surface area contributed by atoms with E-state index < -0.39 is 23.6 Å². The Balaban J connectivity index is 1.28. The van der Waals surface area contributed by atoms with Gasteiger partial charge in [0.15, 0.2) is 5.69 Å². The topological polar surface area (TPSA) is 109 Å². The normalized spacial score (nSPS) is 13.5. The van der Waals surface area contributed by atoms with Crippen molar-refractivity contribution in [3.05, 3.63) is 163 Å². The first-order valence-corrected chi connectivity index (χ1v) is 15.3. The van der Waals surface area contributed by atoms with Crippen LogP contribution in [0.15, 0.2) is 146 Å². The van der Waals surface area contributed by atoms with Crippen LogP contribution in [0.5, 0.6) is 0 Å². The van der Waals surface area contributed by atoms with Gasteiger partial charge in [-0.25, -0.2) is 14.6 Å². The summed E-state index contributed by atoms with van der Waals surface area (Å²) in [5.41, 5.74) is 6.56. The second kappa shape index (κ2) is 12.9. The number of anilines is 8. The molecule has 0 saturated carbocycles. The molecule has 2 heterocycles. The van der Waals surface area contributed by atoms with Crippen molar-refractivity contribution in [3.8, 4) is 6.07 Å². The zero-order valence-electron chi connectivity index (χ0n) is 26.2. The number of rotatable bonds is 8. The molecule has 2 aliphatic rings. The average molecular weight is 653 g/mol. The van der Waals surface area contributed by atoms with Crippen LogP contribution in [0.3, 0.4) is 0 Å². The molecule has 10 nitrogen and oxygen atoms in total. The van der Waals surface area contributed by atoms with Crippen molar-refractivity contribution in [2.45, 2.75) is 0 Å². The van der Waals surface area contributed by atoms with E-state index in [1.54, 1.807) is 72.8 Å². The third kappa shape index (κ3) is 5.77. The summed E-state index contributed by atoms with van der Waals surface area (Å²) in [4.78, 5) is 58.9. The lowest BCUT2D eigenvalue weighted by Crippen LogP contribution is -2.29. The van der Waals surface area contributed by atoms with Gasteiger partial charge in [0, 0.05) is 58.4 Å². The summed E-state index contributed by atoms with van der Waals surface area (Å²) >= 11 is 0. The van der Waals surface area contributed by atoms with E-state index >= 15 is 0 Å². The highest BCUT2D eigenvalue weighted by molar-refractivity contribution is 6.28. The van der Waals surface area contributed by atoms with E-state index in [0.29, 0.717) is 22.6 Å². The number of carbonyl (C=O) groups excluding carboxylic acids is 4. The summed E-state index contributed by atoms with van der Waals surface area (Å²) in [6, 6.07) is 38.4. The van der Waals surface area contributed by atoms with Gasteiger partial charge in [-0.1, -0.05) is 12.1 Å². The number of carbonyl (C=O) groups is 4. The van der Waals surface area contributed by atoms with E-state index in [-0.39, 0.29) is 0 Å². The molecule has 0 spiro atoms. The molecule has 5 aromatic carbocycles. The maximum absolute atomic E-state index is 12.3. The first kappa shape index (κ1) is 31.1. The summed E-state index contributed by atoms with van der Waals surface area (Å²) in [5, 5.41) is 9.35. The molecule has 7 rings (SSSR count). The maximum atomic E-state index is 12.3. The van der Waals surface area contributed by atoms with Gasteiger partial charge in [-0.2, -0.15) is 5.26 Å². The van der Waals surface area contributed by atoms with Crippen molar-refractivity contribution in [2.75, 3.05) is 19.6 Å². The molecule has 0 aliphatic carbocycles. The van der Waals surface area contributed by atoms with Crippen LogP contribution in [0.25, 0.3) is 4.85 Å². The Labute approximate surface area is 287 Å². The van der Waals surface area contributed by atoms with Crippen LogP contribution in [-0.2, 0) is 19.2 Å². The SMILES string of the molecule is [C-]#[N+]c1ccc(N(c2ccc(C#N)cc2)c2ccc(N(c3ccc(N4C(=O)C=CC4=O)cc3)c3ccc(N4C(=O)C=CC4=O)cc3)cc2)cc1. The molecule has 0 radical (unpaired) electrons. The number of amides is 4. The molecule has 0 saturated heterocycles. The molecule has 0 fully saturated rings. The van der Waals surface area contributed by atoms with Crippen LogP contribution >= 0.6 is 0 Å². The first-order chi connectivity index (χ1) is 24.3. The average Bonchev–Trinajstić information content (AvgIpc) is 3.68. The first-order valence-electron chi connectivity index (χ1n) is 15.3. The predicted molar refractivity (Wildman–Crippen MR) is 190 cm³/mol. The summed E-state index contributed by atoms with van der Waals surface area (Å²) in [6.07, 6.45) is 4.93. The van der Waals surface area contributed by atoms with Gasteiger partial charge in [-0.3, -0.25) is 19.2 Å². The molecule has 5 aromatic rings. The fourth-order valence-corrected chi connectivity index (χ4v) is 5.82. The minimum absolute atomic E-state index is 0.415. The van der Waals surface area contributed by atoms with E-state index in [1.807, 2.05) is 58.3 Å². The van der Waals surface area contributed by atoms with Crippen molar-refractivity contribution in [1.29, 1.82) is 5.26 Å². The maximum Gasteiger partial charge on any atom is 0.258 e.